The van der Waals surface area contributed by atoms with Gasteiger partial charge in [0, 0.05) is 13.1 Å². The molecule has 1 heterocycles. The van der Waals surface area contributed by atoms with E-state index in [1.54, 1.807) is 7.05 Å². The molecule has 0 bridgehead atoms. The Morgan fingerprint density at radius 3 is 2.35 bits per heavy atom. The highest BCUT2D eigenvalue weighted by Gasteiger charge is 2.28. The van der Waals surface area contributed by atoms with E-state index in [0.717, 1.165) is 11.3 Å². The van der Waals surface area contributed by atoms with Crippen molar-refractivity contribution >= 4 is 21.4 Å². The lowest BCUT2D eigenvalue weighted by atomic mass is 10.1. The molecule has 0 aliphatic carbocycles. The molecule has 0 saturated heterocycles. The second-order valence-electron chi connectivity index (χ2n) is 4.24. The molecule has 94 valence electrons. The van der Waals surface area contributed by atoms with Gasteiger partial charge in [-0.2, -0.15) is 9.57 Å². The number of nitriles is 1. The van der Waals surface area contributed by atoms with Gasteiger partial charge in [0.15, 0.2) is 0 Å². The first-order chi connectivity index (χ1) is 7.80. The highest BCUT2D eigenvalue weighted by molar-refractivity contribution is 7.91. The molecule has 0 aliphatic heterocycles. The lowest BCUT2D eigenvalue weighted by Crippen LogP contribution is -2.37. The predicted molar refractivity (Wildman–Crippen MR) is 68.3 cm³/mol. The first-order valence-corrected chi connectivity index (χ1v) is 7.54. The van der Waals surface area contributed by atoms with Crippen LogP contribution in [0, 0.1) is 17.2 Å². The van der Waals surface area contributed by atoms with Crippen LogP contribution in [0.4, 0.5) is 0 Å². The minimum Gasteiger partial charge on any atom is -0.206 e. The van der Waals surface area contributed by atoms with Crippen LogP contribution in [-0.2, 0) is 10.0 Å². The van der Waals surface area contributed by atoms with Crippen LogP contribution in [0.2, 0.25) is 0 Å². The second kappa shape index (κ2) is 5.17. The molecular formula is C11H16N2O2S2. The lowest BCUT2D eigenvalue weighted by molar-refractivity contribution is 0.316. The molecule has 1 atom stereocenters. The van der Waals surface area contributed by atoms with Crippen molar-refractivity contribution in [2.45, 2.75) is 31.0 Å². The van der Waals surface area contributed by atoms with Gasteiger partial charge in [-0.3, -0.25) is 0 Å². The van der Waals surface area contributed by atoms with Crippen molar-refractivity contribution in [2.75, 3.05) is 7.05 Å². The Labute approximate surface area is 107 Å². The number of hydrogen-bond acceptors (Lipinski definition) is 4. The van der Waals surface area contributed by atoms with Gasteiger partial charge in [-0.05, 0) is 25.0 Å². The maximum absolute atomic E-state index is 12.2. The molecule has 6 heteroatoms. The number of thiophene rings is 1. The van der Waals surface area contributed by atoms with Gasteiger partial charge in [0.05, 0.1) is 0 Å². The van der Waals surface area contributed by atoms with E-state index in [2.05, 4.69) is 0 Å². The topological polar surface area (TPSA) is 61.2 Å². The predicted octanol–water partition coefficient (Wildman–Crippen LogP) is 2.28. The van der Waals surface area contributed by atoms with Crippen LogP contribution in [0.5, 0.6) is 0 Å². The molecule has 1 unspecified atom stereocenters. The molecule has 0 aromatic carbocycles. The van der Waals surface area contributed by atoms with E-state index >= 15 is 0 Å². The average molecular weight is 272 g/mol. The second-order valence-corrected chi connectivity index (χ2v) is 7.54. The maximum Gasteiger partial charge on any atom is 0.252 e. The van der Waals surface area contributed by atoms with Crippen molar-refractivity contribution in [3.8, 4) is 6.07 Å². The Kier molecular flexibility index (Phi) is 4.31. The fourth-order valence-electron chi connectivity index (χ4n) is 1.30. The molecule has 0 spiro atoms. The summed E-state index contributed by atoms with van der Waals surface area (Å²) in [7, 11) is -1.90. The fourth-order valence-corrected chi connectivity index (χ4v) is 4.08. The molecule has 0 saturated carbocycles. The number of nitrogens with zero attached hydrogens (tertiary/aromatic N) is 2. The van der Waals surface area contributed by atoms with E-state index in [9.17, 15) is 8.42 Å². The van der Waals surface area contributed by atoms with Gasteiger partial charge in [-0.25, -0.2) is 8.42 Å². The third kappa shape index (κ3) is 2.86. The molecule has 0 radical (unpaired) electrons. The molecule has 0 amide bonds. The largest absolute Gasteiger partial charge is 0.252 e. The fraction of sp³-hybridized carbons (Fsp3) is 0.545. The van der Waals surface area contributed by atoms with Crippen LogP contribution < -0.4 is 0 Å². The zero-order chi connectivity index (χ0) is 13.2. The molecule has 1 rings (SSSR count). The third-order valence-electron chi connectivity index (χ3n) is 2.86. The summed E-state index contributed by atoms with van der Waals surface area (Å²) in [6.45, 7) is 5.83. The van der Waals surface area contributed by atoms with Crippen molar-refractivity contribution in [3.63, 3.8) is 0 Å². The maximum atomic E-state index is 12.2. The molecule has 0 N–H and O–H groups in total. The molecule has 0 fully saturated rings. The third-order valence-corrected chi connectivity index (χ3v) is 6.27. The molecule has 17 heavy (non-hydrogen) atoms. The average Bonchev–Trinajstić information content (AvgIpc) is 2.75. The van der Waals surface area contributed by atoms with Gasteiger partial charge >= 0.3 is 0 Å². The Hall–Kier alpha value is -0.900. The molecule has 1 aromatic heterocycles. The van der Waals surface area contributed by atoms with Crippen LogP contribution >= 0.6 is 11.3 Å². The molecule has 1 aromatic rings. The van der Waals surface area contributed by atoms with Crippen LogP contribution in [-0.4, -0.2) is 25.8 Å². The van der Waals surface area contributed by atoms with E-state index < -0.39 is 10.0 Å². The van der Waals surface area contributed by atoms with E-state index in [1.807, 2.05) is 26.8 Å². The van der Waals surface area contributed by atoms with E-state index in [-0.39, 0.29) is 16.2 Å². The number of hydrogen-bond donors (Lipinski definition) is 0. The normalized spacial score (nSPS) is 13.9. The summed E-state index contributed by atoms with van der Waals surface area (Å²) in [5.41, 5.74) is 0. The van der Waals surface area contributed by atoms with E-state index in [1.165, 1.54) is 16.4 Å². The first-order valence-electron chi connectivity index (χ1n) is 5.28. The zero-order valence-corrected chi connectivity index (χ0v) is 12.0. The van der Waals surface area contributed by atoms with Crippen molar-refractivity contribution in [1.29, 1.82) is 5.26 Å². The minimum absolute atomic E-state index is 0.0763. The molecule has 4 nitrogen and oxygen atoms in total. The van der Waals surface area contributed by atoms with Crippen LogP contribution in [0.15, 0.2) is 16.3 Å². The van der Waals surface area contributed by atoms with Gasteiger partial charge < -0.3 is 0 Å². The number of rotatable bonds is 4. The summed E-state index contributed by atoms with van der Waals surface area (Å²) in [5, 5.41) is 8.70. The van der Waals surface area contributed by atoms with Crippen molar-refractivity contribution < 1.29 is 8.42 Å². The molecular weight excluding hydrogens is 256 g/mol. The van der Waals surface area contributed by atoms with Gasteiger partial charge in [-0.15, -0.1) is 11.3 Å². The van der Waals surface area contributed by atoms with Crippen molar-refractivity contribution in [2.24, 2.45) is 5.92 Å². The van der Waals surface area contributed by atoms with Gasteiger partial charge in [0.2, 0.25) is 0 Å². The Morgan fingerprint density at radius 1 is 1.35 bits per heavy atom. The Bertz CT molecular complexity index is 526. The number of sulfonamides is 1. The quantitative estimate of drug-likeness (QED) is 0.845. The summed E-state index contributed by atoms with van der Waals surface area (Å²) in [6, 6.07) is 4.89. The van der Waals surface area contributed by atoms with Crippen LogP contribution in [0.3, 0.4) is 0 Å². The first kappa shape index (κ1) is 14.2. The van der Waals surface area contributed by atoms with E-state index in [4.69, 9.17) is 5.26 Å². The summed E-state index contributed by atoms with van der Waals surface area (Å²) < 4.78 is 26.1. The zero-order valence-electron chi connectivity index (χ0n) is 10.3. The summed E-state index contributed by atoms with van der Waals surface area (Å²) >= 11 is 1.01. The van der Waals surface area contributed by atoms with Crippen LogP contribution in [0.1, 0.15) is 25.6 Å². The standard InChI is InChI=1S/C11H16N2O2S2/c1-8(2)9(3)13(4)17(14,15)11-6-5-10(7-12)16-11/h5-6,8-9H,1-4H3. The Balaban J connectivity index is 3.08. The van der Waals surface area contributed by atoms with Gasteiger partial charge in [-0.1, -0.05) is 13.8 Å². The SMILES string of the molecule is CC(C)C(C)N(C)S(=O)(=O)c1ccc(C#N)s1. The highest BCUT2D eigenvalue weighted by Crippen LogP contribution is 2.26. The lowest BCUT2D eigenvalue weighted by Gasteiger charge is -2.26. The summed E-state index contributed by atoms with van der Waals surface area (Å²) in [5.74, 6) is 0.241. The smallest absolute Gasteiger partial charge is 0.206 e. The van der Waals surface area contributed by atoms with Crippen LogP contribution in [0.25, 0.3) is 0 Å². The van der Waals surface area contributed by atoms with E-state index in [0.29, 0.717) is 4.88 Å². The van der Waals surface area contributed by atoms with Crippen molar-refractivity contribution in [3.05, 3.63) is 17.0 Å². The summed E-state index contributed by atoms with van der Waals surface area (Å²) in [4.78, 5) is 0.411. The highest BCUT2D eigenvalue weighted by atomic mass is 32.2. The summed E-state index contributed by atoms with van der Waals surface area (Å²) in [6.07, 6.45) is 0. The minimum atomic E-state index is -3.47. The van der Waals surface area contributed by atoms with Gasteiger partial charge in [0.1, 0.15) is 15.2 Å². The molecule has 0 aliphatic rings. The van der Waals surface area contributed by atoms with Crippen molar-refractivity contribution in [1.82, 2.24) is 4.31 Å². The monoisotopic (exact) mass is 272 g/mol. The van der Waals surface area contributed by atoms with Gasteiger partial charge in [0.25, 0.3) is 10.0 Å². The Morgan fingerprint density at radius 2 is 1.94 bits per heavy atom.